The minimum absolute atomic E-state index is 0.0353. The second kappa shape index (κ2) is 3.87. The summed E-state index contributed by atoms with van der Waals surface area (Å²) in [6.45, 7) is 2.29. The van der Waals surface area contributed by atoms with Crippen LogP contribution < -0.4 is 0 Å². The number of ether oxygens (including phenoxy) is 1. The molecule has 4 heteroatoms. The highest BCUT2D eigenvalue weighted by molar-refractivity contribution is 5.79. The smallest absolute Gasteiger partial charge is 0.309 e. The van der Waals surface area contributed by atoms with E-state index < -0.39 is 0 Å². The lowest BCUT2D eigenvalue weighted by atomic mass is 10.1. The molecule has 3 rings (SSSR count). The van der Waals surface area contributed by atoms with Gasteiger partial charge in [0.2, 0.25) is 0 Å². The van der Waals surface area contributed by atoms with Crippen LogP contribution in [0.1, 0.15) is 24.8 Å². The molecule has 0 saturated heterocycles. The van der Waals surface area contributed by atoms with Crippen molar-refractivity contribution in [3.63, 3.8) is 0 Å². The number of nitrogens with zero attached hydrogens (tertiary/aromatic N) is 1. The molecule has 88 valence electrons. The molecule has 0 aromatic carbocycles. The number of hydrogen-bond acceptors (Lipinski definition) is 3. The number of H-pyrrole nitrogens is 1. The summed E-state index contributed by atoms with van der Waals surface area (Å²) in [6.07, 6.45) is 4.61. The van der Waals surface area contributed by atoms with Gasteiger partial charge in [0.15, 0.2) is 0 Å². The Morgan fingerprint density at radius 2 is 2.53 bits per heavy atom. The quantitative estimate of drug-likeness (QED) is 0.822. The van der Waals surface area contributed by atoms with Gasteiger partial charge in [0.25, 0.3) is 0 Å². The molecule has 1 aliphatic carbocycles. The van der Waals surface area contributed by atoms with E-state index in [1.54, 1.807) is 0 Å². The highest BCUT2D eigenvalue weighted by Crippen LogP contribution is 2.48. The van der Waals surface area contributed by atoms with Gasteiger partial charge in [-0.25, -0.2) is 4.98 Å². The van der Waals surface area contributed by atoms with Crippen molar-refractivity contribution >= 4 is 17.0 Å². The normalized spacial score (nSPS) is 22.6. The van der Waals surface area contributed by atoms with Crippen molar-refractivity contribution in [2.75, 3.05) is 6.61 Å². The molecule has 17 heavy (non-hydrogen) atoms. The summed E-state index contributed by atoms with van der Waals surface area (Å²) in [4.78, 5) is 18.9. The number of nitrogens with one attached hydrogen (secondary N) is 1. The van der Waals surface area contributed by atoms with Crippen molar-refractivity contribution in [3.05, 3.63) is 30.1 Å². The van der Waals surface area contributed by atoms with Crippen LogP contribution in [0.2, 0.25) is 0 Å². The lowest BCUT2D eigenvalue weighted by Gasteiger charge is -2.01. The Morgan fingerprint density at radius 1 is 1.65 bits per heavy atom. The molecule has 1 fully saturated rings. The predicted molar refractivity (Wildman–Crippen MR) is 63.6 cm³/mol. The molecule has 2 heterocycles. The topological polar surface area (TPSA) is 55.0 Å². The Kier molecular flexibility index (Phi) is 2.35. The number of hydrogen-bond donors (Lipinski definition) is 1. The molecule has 0 unspecified atom stereocenters. The van der Waals surface area contributed by atoms with Crippen LogP contribution in [0.4, 0.5) is 0 Å². The van der Waals surface area contributed by atoms with E-state index >= 15 is 0 Å². The summed E-state index contributed by atoms with van der Waals surface area (Å²) in [6, 6.07) is 4.09. The fourth-order valence-electron chi connectivity index (χ4n) is 2.23. The van der Waals surface area contributed by atoms with Gasteiger partial charge in [-0.15, -0.1) is 0 Å². The van der Waals surface area contributed by atoms with Crippen LogP contribution in [0.25, 0.3) is 11.0 Å². The van der Waals surface area contributed by atoms with Crippen molar-refractivity contribution in [1.82, 2.24) is 9.97 Å². The van der Waals surface area contributed by atoms with E-state index in [9.17, 15) is 4.79 Å². The fourth-order valence-corrected chi connectivity index (χ4v) is 2.23. The summed E-state index contributed by atoms with van der Waals surface area (Å²) >= 11 is 0. The molecular formula is C13H14N2O2. The maximum absolute atomic E-state index is 11.6. The van der Waals surface area contributed by atoms with Crippen LogP contribution >= 0.6 is 0 Å². The van der Waals surface area contributed by atoms with E-state index in [2.05, 4.69) is 16.0 Å². The maximum atomic E-state index is 11.6. The first kappa shape index (κ1) is 10.3. The lowest BCUT2D eigenvalue weighted by Crippen LogP contribution is -2.07. The van der Waals surface area contributed by atoms with Gasteiger partial charge in [0.1, 0.15) is 5.65 Å². The van der Waals surface area contributed by atoms with E-state index in [0.29, 0.717) is 12.5 Å². The molecular weight excluding hydrogens is 216 g/mol. The van der Waals surface area contributed by atoms with Crippen molar-refractivity contribution in [1.29, 1.82) is 0 Å². The summed E-state index contributed by atoms with van der Waals surface area (Å²) in [5, 5.41) is 1.09. The van der Waals surface area contributed by atoms with Crippen molar-refractivity contribution < 1.29 is 9.53 Å². The monoisotopic (exact) mass is 230 g/mol. The molecule has 1 N–H and O–H groups in total. The molecule has 4 nitrogen and oxygen atoms in total. The Labute approximate surface area is 99.0 Å². The number of aromatic amines is 1. The molecule has 1 aliphatic rings. The van der Waals surface area contributed by atoms with E-state index in [1.807, 2.05) is 25.4 Å². The van der Waals surface area contributed by atoms with Crippen LogP contribution in [-0.4, -0.2) is 22.5 Å². The largest absolute Gasteiger partial charge is 0.466 e. The molecule has 1 saturated carbocycles. The molecule has 2 aromatic rings. The van der Waals surface area contributed by atoms with Crippen LogP contribution in [-0.2, 0) is 9.53 Å². The number of fused-ring (bicyclic) bond motifs is 1. The number of carbonyl (C=O) groups excluding carboxylic acids is 1. The SMILES string of the molecule is CCOC(=O)[C@@H]1C[C@H]1c1cnc2[nH]ccc2c1. The zero-order valence-electron chi connectivity index (χ0n) is 9.64. The standard InChI is InChI=1S/C13H14N2O2/c1-2-17-13(16)11-6-10(11)9-5-8-3-4-14-12(8)15-7-9/h3-5,7,10-11H,2,6H2,1H3,(H,14,15)/t10-,11+/m0/s1. The number of aromatic nitrogens is 2. The minimum Gasteiger partial charge on any atom is -0.466 e. The lowest BCUT2D eigenvalue weighted by molar-refractivity contribution is -0.144. The summed E-state index contributed by atoms with van der Waals surface area (Å²) in [5.74, 6) is 0.251. The highest BCUT2D eigenvalue weighted by atomic mass is 16.5. The Balaban J connectivity index is 1.79. The van der Waals surface area contributed by atoms with Gasteiger partial charge < -0.3 is 9.72 Å². The van der Waals surface area contributed by atoms with E-state index in [1.165, 1.54) is 0 Å². The average molecular weight is 230 g/mol. The first-order chi connectivity index (χ1) is 8.29. The van der Waals surface area contributed by atoms with Crippen LogP contribution in [0, 0.1) is 5.92 Å². The van der Waals surface area contributed by atoms with E-state index in [4.69, 9.17) is 4.74 Å². The molecule has 0 aliphatic heterocycles. The van der Waals surface area contributed by atoms with Crippen molar-refractivity contribution in [2.45, 2.75) is 19.3 Å². The molecule has 0 spiro atoms. The first-order valence-corrected chi connectivity index (χ1v) is 5.89. The molecule has 0 amide bonds. The minimum atomic E-state index is -0.0772. The zero-order chi connectivity index (χ0) is 11.8. The Hall–Kier alpha value is -1.84. The van der Waals surface area contributed by atoms with Crippen molar-refractivity contribution in [3.8, 4) is 0 Å². The summed E-state index contributed by atoms with van der Waals surface area (Å²) in [5.41, 5.74) is 2.03. The first-order valence-electron chi connectivity index (χ1n) is 5.89. The van der Waals surface area contributed by atoms with Crippen molar-refractivity contribution in [2.24, 2.45) is 5.92 Å². The van der Waals surface area contributed by atoms with Gasteiger partial charge in [0.05, 0.1) is 12.5 Å². The highest BCUT2D eigenvalue weighted by Gasteiger charge is 2.45. The van der Waals surface area contributed by atoms with Crippen LogP contribution in [0.15, 0.2) is 24.5 Å². The van der Waals surface area contributed by atoms with E-state index in [0.717, 1.165) is 23.0 Å². The number of esters is 1. The molecule has 2 atom stereocenters. The summed E-state index contributed by atoms with van der Waals surface area (Å²) < 4.78 is 5.02. The third kappa shape index (κ3) is 1.79. The van der Waals surface area contributed by atoms with Gasteiger partial charge in [-0.1, -0.05) is 0 Å². The number of carbonyl (C=O) groups is 1. The Bertz CT molecular complexity index is 561. The Morgan fingerprint density at radius 3 is 3.35 bits per heavy atom. The van der Waals surface area contributed by atoms with Crippen LogP contribution in [0.3, 0.4) is 0 Å². The van der Waals surface area contributed by atoms with Gasteiger partial charge in [-0.05, 0) is 37.0 Å². The van der Waals surface area contributed by atoms with Gasteiger partial charge in [0, 0.05) is 17.8 Å². The van der Waals surface area contributed by atoms with E-state index in [-0.39, 0.29) is 11.9 Å². The van der Waals surface area contributed by atoms with Crippen LogP contribution in [0.5, 0.6) is 0 Å². The predicted octanol–water partition coefficient (Wildman–Crippen LogP) is 2.23. The maximum Gasteiger partial charge on any atom is 0.309 e. The van der Waals surface area contributed by atoms with Gasteiger partial charge in [-0.3, -0.25) is 4.79 Å². The number of rotatable bonds is 3. The summed E-state index contributed by atoms with van der Waals surface area (Å²) in [7, 11) is 0. The molecule has 0 bridgehead atoms. The second-order valence-corrected chi connectivity index (χ2v) is 4.38. The molecule has 0 radical (unpaired) electrons. The number of pyridine rings is 1. The van der Waals surface area contributed by atoms with Gasteiger partial charge >= 0.3 is 5.97 Å². The third-order valence-corrected chi connectivity index (χ3v) is 3.23. The fraction of sp³-hybridized carbons (Fsp3) is 0.385. The molecule has 2 aromatic heterocycles. The zero-order valence-corrected chi connectivity index (χ0v) is 9.64. The second-order valence-electron chi connectivity index (χ2n) is 4.38. The third-order valence-electron chi connectivity index (χ3n) is 3.23. The van der Waals surface area contributed by atoms with Gasteiger partial charge in [-0.2, -0.15) is 0 Å². The average Bonchev–Trinajstić information content (AvgIpc) is 3.00.